The predicted molar refractivity (Wildman–Crippen MR) is 96.1 cm³/mol. The van der Waals surface area contributed by atoms with Crippen LogP contribution >= 0.6 is 0 Å². The second-order valence-electron chi connectivity index (χ2n) is 8.47. The zero-order chi connectivity index (χ0) is 16.8. The molecule has 1 amide bonds. The summed E-state index contributed by atoms with van der Waals surface area (Å²) < 4.78 is 0. The van der Waals surface area contributed by atoms with Gasteiger partial charge in [-0.2, -0.15) is 0 Å². The van der Waals surface area contributed by atoms with Crippen LogP contribution in [0.5, 0.6) is 0 Å². The summed E-state index contributed by atoms with van der Waals surface area (Å²) >= 11 is 0. The number of hydrogen-bond donors (Lipinski definition) is 2. The van der Waals surface area contributed by atoms with Crippen LogP contribution in [0.1, 0.15) is 89.9 Å². The van der Waals surface area contributed by atoms with Gasteiger partial charge < -0.3 is 10.2 Å². The van der Waals surface area contributed by atoms with Crippen LogP contribution in [0.3, 0.4) is 0 Å². The first kappa shape index (κ1) is 18.2. The van der Waals surface area contributed by atoms with E-state index in [-0.39, 0.29) is 12.0 Å². The molecule has 4 heteroatoms. The Morgan fingerprint density at radius 1 is 0.833 bits per heavy atom. The molecule has 0 saturated heterocycles. The minimum absolute atomic E-state index is 0.163. The Hall–Kier alpha value is -0.610. The number of amides is 1. The summed E-state index contributed by atoms with van der Waals surface area (Å²) in [5, 5.41) is 3.33. The van der Waals surface area contributed by atoms with Crippen molar-refractivity contribution in [3.8, 4) is 0 Å². The van der Waals surface area contributed by atoms with Gasteiger partial charge in [-0.15, -0.1) is 0 Å². The summed E-state index contributed by atoms with van der Waals surface area (Å²) in [6.07, 6.45) is 17.1. The normalized spacial score (nSPS) is 31.5. The summed E-state index contributed by atoms with van der Waals surface area (Å²) in [7, 11) is 0. The van der Waals surface area contributed by atoms with E-state index < -0.39 is 0 Å². The molecule has 24 heavy (non-hydrogen) atoms. The average molecular weight is 337 g/mol. The first-order chi connectivity index (χ1) is 11.8. The highest BCUT2D eigenvalue weighted by Crippen LogP contribution is 2.39. The van der Waals surface area contributed by atoms with Gasteiger partial charge in [0.05, 0.1) is 6.10 Å². The lowest BCUT2D eigenvalue weighted by Crippen LogP contribution is -2.44. The summed E-state index contributed by atoms with van der Waals surface area (Å²) in [5.74, 6) is 7.25. The third kappa shape index (κ3) is 4.72. The lowest BCUT2D eigenvalue weighted by molar-refractivity contribution is -0.129. The van der Waals surface area contributed by atoms with Crippen molar-refractivity contribution in [2.45, 2.75) is 102 Å². The molecule has 3 rings (SSSR count). The predicted octanol–water partition coefficient (Wildman–Crippen LogP) is 4.08. The van der Waals surface area contributed by atoms with E-state index in [9.17, 15) is 4.79 Å². The lowest BCUT2D eigenvalue weighted by Gasteiger charge is -2.38. The van der Waals surface area contributed by atoms with Crippen LogP contribution in [0.2, 0.25) is 0 Å². The molecule has 138 valence electrons. The summed E-state index contributed by atoms with van der Waals surface area (Å²) in [6.45, 7) is 0. The van der Waals surface area contributed by atoms with Gasteiger partial charge in [0.25, 0.3) is 0 Å². The van der Waals surface area contributed by atoms with Crippen molar-refractivity contribution in [1.82, 2.24) is 5.32 Å². The highest BCUT2D eigenvalue weighted by Gasteiger charge is 2.37. The Kier molecular flexibility index (Phi) is 6.96. The van der Waals surface area contributed by atoms with Crippen molar-refractivity contribution in [3.05, 3.63) is 0 Å². The number of carbonyl (C=O) groups is 1. The van der Waals surface area contributed by atoms with Crippen molar-refractivity contribution in [1.29, 1.82) is 0 Å². The molecule has 0 spiro atoms. The molecule has 3 aliphatic rings. The molecular weight excluding hydrogens is 300 g/mol. The maximum atomic E-state index is 12.7. The van der Waals surface area contributed by atoms with Crippen LogP contribution in [-0.2, 0) is 9.63 Å². The molecular formula is C20H36N2O2. The molecule has 0 aromatic carbocycles. The van der Waals surface area contributed by atoms with Crippen molar-refractivity contribution < 1.29 is 9.63 Å². The Balaban J connectivity index is 1.53. The van der Waals surface area contributed by atoms with Crippen LogP contribution in [-0.4, -0.2) is 18.1 Å². The fourth-order valence-corrected chi connectivity index (χ4v) is 5.40. The van der Waals surface area contributed by atoms with Crippen molar-refractivity contribution in [3.63, 3.8) is 0 Å². The highest BCUT2D eigenvalue weighted by molar-refractivity contribution is 5.79. The Morgan fingerprint density at radius 2 is 1.46 bits per heavy atom. The minimum Gasteiger partial charge on any atom is -0.353 e. The second-order valence-corrected chi connectivity index (χ2v) is 8.47. The van der Waals surface area contributed by atoms with Gasteiger partial charge in [-0.3, -0.25) is 4.79 Å². The van der Waals surface area contributed by atoms with Gasteiger partial charge in [0, 0.05) is 12.0 Å². The molecule has 0 bridgehead atoms. The van der Waals surface area contributed by atoms with Crippen molar-refractivity contribution >= 4 is 5.91 Å². The zero-order valence-electron chi connectivity index (χ0n) is 15.2. The molecule has 0 radical (unpaired) electrons. The van der Waals surface area contributed by atoms with E-state index in [1.54, 1.807) is 0 Å². The van der Waals surface area contributed by atoms with Crippen LogP contribution in [0.4, 0.5) is 0 Å². The zero-order valence-corrected chi connectivity index (χ0v) is 15.2. The SMILES string of the molecule is NOC(C1CCCCC1)C1CCCC(C(=O)NC2CCCCC2)C1. The maximum absolute atomic E-state index is 12.7. The van der Waals surface area contributed by atoms with Crippen LogP contribution < -0.4 is 11.2 Å². The summed E-state index contributed by atoms with van der Waals surface area (Å²) in [6, 6.07) is 0.423. The molecule has 3 fully saturated rings. The second kappa shape index (κ2) is 9.19. The molecule has 3 unspecified atom stereocenters. The van der Waals surface area contributed by atoms with Crippen molar-refractivity contribution in [2.75, 3.05) is 0 Å². The van der Waals surface area contributed by atoms with E-state index in [1.807, 2.05) is 0 Å². The fourth-order valence-electron chi connectivity index (χ4n) is 5.40. The van der Waals surface area contributed by atoms with E-state index >= 15 is 0 Å². The molecule has 0 heterocycles. The molecule has 0 aromatic heterocycles. The number of nitrogens with two attached hydrogens (primary N) is 1. The summed E-state index contributed by atoms with van der Waals surface area (Å²) in [5.41, 5.74) is 0. The van der Waals surface area contributed by atoms with Gasteiger partial charge in [0.2, 0.25) is 5.91 Å². The number of hydrogen-bond acceptors (Lipinski definition) is 3. The molecule has 4 nitrogen and oxygen atoms in total. The third-order valence-corrected chi connectivity index (χ3v) is 6.77. The van der Waals surface area contributed by atoms with E-state index in [2.05, 4.69) is 5.32 Å². The van der Waals surface area contributed by atoms with Gasteiger partial charge >= 0.3 is 0 Å². The quantitative estimate of drug-likeness (QED) is 0.744. The largest absolute Gasteiger partial charge is 0.353 e. The van der Waals surface area contributed by atoms with Crippen molar-refractivity contribution in [2.24, 2.45) is 23.7 Å². The average Bonchev–Trinajstić information content (AvgIpc) is 2.64. The molecule has 3 atom stereocenters. The van der Waals surface area contributed by atoms with E-state index in [4.69, 9.17) is 10.7 Å². The van der Waals surface area contributed by atoms with Gasteiger partial charge in [-0.25, -0.2) is 5.90 Å². The summed E-state index contributed by atoms with van der Waals surface area (Å²) in [4.78, 5) is 18.2. The molecule has 3 aliphatic carbocycles. The number of carbonyl (C=O) groups excluding carboxylic acids is 1. The molecule has 0 aliphatic heterocycles. The smallest absolute Gasteiger partial charge is 0.223 e. The van der Waals surface area contributed by atoms with E-state index in [0.29, 0.717) is 23.8 Å². The van der Waals surface area contributed by atoms with Crippen LogP contribution in [0.15, 0.2) is 0 Å². The Morgan fingerprint density at radius 3 is 2.12 bits per heavy atom. The van der Waals surface area contributed by atoms with Gasteiger partial charge in [0.15, 0.2) is 0 Å². The molecule has 3 N–H and O–H groups in total. The standard InChI is InChI=1S/C20H36N2O2/c21-24-19(15-8-3-1-4-9-15)16-10-7-11-17(14-16)20(23)22-18-12-5-2-6-13-18/h15-19H,1-14,21H2,(H,22,23). The topological polar surface area (TPSA) is 64.3 Å². The molecule has 3 saturated carbocycles. The number of nitrogens with one attached hydrogen (secondary N) is 1. The number of rotatable bonds is 5. The molecule has 0 aromatic rings. The Bertz CT molecular complexity index is 389. The van der Waals surface area contributed by atoms with Crippen LogP contribution in [0, 0.1) is 17.8 Å². The van der Waals surface area contributed by atoms with Crippen LogP contribution in [0.25, 0.3) is 0 Å². The highest BCUT2D eigenvalue weighted by atomic mass is 16.6. The van der Waals surface area contributed by atoms with E-state index in [0.717, 1.165) is 19.3 Å². The third-order valence-electron chi connectivity index (χ3n) is 6.77. The Labute approximate surface area is 147 Å². The lowest BCUT2D eigenvalue weighted by atomic mass is 9.72. The fraction of sp³-hybridized carbons (Fsp3) is 0.950. The van der Waals surface area contributed by atoms with E-state index in [1.165, 1.54) is 70.6 Å². The van der Waals surface area contributed by atoms with Gasteiger partial charge in [0.1, 0.15) is 0 Å². The first-order valence-electron chi connectivity index (χ1n) is 10.4. The first-order valence-corrected chi connectivity index (χ1v) is 10.4. The maximum Gasteiger partial charge on any atom is 0.223 e. The monoisotopic (exact) mass is 336 g/mol. The minimum atomic E-state index is 0.163. The van der Waals surface area contributed by atoms with Gasteiger partial charge in [-0.05, 0) is 56.8 Å². The van der Waals surface area contributed by atoms with Gasteiger partial charge in [-0.1, -0.05) is 44.9 Å².